The van der Waals surface area contributed by atoms with Crippen LogP contribution in [0.3, 0.4) is 0 Å². The van der Waals surface area contributed by atoms with E-state index in [0.29, 0.717) is 10.6 Å². The summed E-state index contributed by atoms with van der Waals surface area (Å²) in [5.41, 5.74) is 6.05. The lowest BCUT2D eigenvalue weighted by Crippen LogP contribution is -2.31. The highest BCUT2D eigenvalue weighted by molar-refractivity contribution is 6.30. The molecule has 3 N–H and O–H groups in total. The van der Waals surface area contributed by atoms with Crippen molar-refractivity contribution in [2.45, 2.75) is 26.0 Å². The summed E-state index contributed by atoms with van der Waals surface area (Å²) in [6.45, 7) is 3.66. The number of aliphatic hydroxyl groups is 1. The van der Waals surface area contributed by atoms with Crippen molar-refractivity contribution in [3.63, 3.8) is 0 Å². The van der Waals surface area contributed by atoms with Crippen molar-refractivity contribution in [2.75, 3.05) is 0 Å². The van der Waals surface area contributed by atoms with Crippen LogP contribution in [0.25, 0.3) is 0 Å². The Morgan fingerprint density at radius 1 is 1.38 bits per heavy atom. The molecular weight excluding hydrogens is 252 g/mol. The lowest BCUT2D eigenvalue weighted by atomic mass is 9.94. The van der Waals surface area contributed by atoms with E-state index >= 15 is 0 Å². The smallest absolute Gasteiger partial charge is 0.129 e. The highest BCUT2D eigenvalue weighted by Crippen LogP contribution is 2.24. The number of hydrogen-bond acceptors (Lipinski definition) is 2. The first-order valence-corrected chi connectivity index (χ1v) is 5.20. The fourth-order valence-electron chi connectivity index (χ4n) is 1.37. The zero-order valence-electron chi connectivity index (χ0n) is 9.15. The highest BCUT2D eigenvalue weighted by Gasteiger charge is 2.22. The third-order valence-electron chi connectivity index (χ3n) is 2.37. The maximum absolute atomic E-state index is 13.4. The van der Waals surface area contributed by atoms with Gasteiger partial charge in [0.15, 0.2) is 0 Å². The van der Waals surface area contributed by atoms with Gasteiger partial charge in [-0.15, -0.1) is 12.4 Å². The number of benzene rings is 1. The summed E-state index contributed by atoms with van der Waals surface area (Å²) in [4.78, 5) is 0. The van der Waals surface area contributed by atoms with Crippen LogP contribution >= 0.6 is 24.0 Å². The molecule has 0 saturated heterocycles. The van der Waals surface area contributed by atoms with E-state index in [0.717, 1.165) is 0 Å². The molecule has 5 heteroatoms. The van der Waals surface area contributed by atoms with Gasteiger partial charge in [0.05, 0.1) is 12.1 Å². The number of halogens is 3. The highest BCUT2D eigenvalue weighted by atomic mass is 35.5. The van der Waals surface area contributed by atoms with Crippen molar-refractivity contribution in [1.29, 1.82) is 0 Å². The van der Waals surface area contributed by atoms with Crippen molar-refractivity contribution < 1.29 is 9.50 Å². The maximum atomic E-state index is 13.4. The third kappa shape index (κ3) is 3.59. The first kappa shape index (κ1) is 15.7. The molecule has 1 aromatic carbocycles. The van der Waals surface area contributed by atoms with Crippen molar-refractivity contribution in [1.82, 2.24) is 0 Å². The van der Waals surface area contributed by atoms with Crippen LogP contribution in [0.2, 0.25) is 5.02 Å². The zero-order chi connectivity index (χ0) is 11.6. The SMILES string of the molecule is CC(C)[C@@H](O)[C@@H](N)c1ccc(Cl)cc1F.Cl. The van der Waals surface area contributed by atoms with Crippen molar-refractivity contribution >= 4 is 24.0 Å². The van der Waals surface area contributed by atoms with Gasteiger partial charge in [0, 0.05) is 10.6 Å². The maximum Gasteiger partial charge on any atom is 0.129 e. The molecule has 1 aromatic rings. The van der Waals surface area contributed by atoms with Crippen LogP contribution < -0.4 is 5.73 Å². The van der Waals surface area contributed by atoms with Gasteiger partial charge in [-0.1, -0.05) is 31.5 Å². The third-order valence-corrected chi connectivity index (χ3v) is 2.61. The summed E-state index contributed by atoms with van der Waals surface area (Å²) in [6.07, 6.45) is -0.763. The predicted octanol–water partition coefficient (Wildman–Crippen LogP) is 2.92. The van der Waals surface area contributed by atoms with Gasteiger partial charge in [-0.3, -0.25) is 0 Å². The van der Waals surface area contributed by atoms with Crippen LogP contribution in [0, 0.1) is 11.7 Å². The van der Waals surface area contributed by atoms with Gasteiger partial charge < -0.3 is 10.8 Å². The van der Waals surface area contributed by atoms with Crippen LogP contribution in [0.5, 0.6) is 0 Å². The van der Waals surface area contributed by atoms with E-state index in [9.17, 15) is 9.50 Å². The average Bonchev–Trinajstić information content (AvgIpc) is 2.15. The normalized spacial score (nSPS) is 14.4. The largest absolute Gasteiger partial charge is 0.391 e. The Labute approximate surface area is 106 Å². The Bertz CT molecular complexity index is 347. The van der Waals surface area contributed by atoms with Gasteiger partial charge in [0.25, 0.3) is 0 Å². The molecule has 0 aromatic heterocycles. The van der Waals surface area contributed by atoms with Gasteiger partial charge in [0.2, 0.25) is 0 Å². The summed E-state index contributed by atoms with van der Waals surface area (Å²) >= 11 is 5.62. The monoisotopic (exact) mass is 267 g/mol. The minimum atomic E-state index is -0.763. The van der Waals surface area contributed by atoms with E-state index in [-0.39, 0.29) is 18.3 Å². The van der Waals surface area contributed by atoms with Crippen LogP contribution in [0.4, 0.5) is 4.39 Å². The Morgan fingerprint density at radius 3 is 2.38 bits per heavy atom. The first-order valence-electron chi connectivity index (χ1n) is 4.82. The number of rotatable bonds is 3. The molecule has 0 aliphatic carbocycles. The first-order chi connectivity index (χ1) is 6.93. The average molecular weight is 268 g/mol. The molecule has 0 unspecified atom stereocenters. The predicted molar refractivity (Wildman–Crippen MR) is 66.4 cm³/mol. The number of nitrogens with two attached hydrogens (primary N) is 1. The molecule has 0 bridgehead atoms. The Kier molecular flexibility index (Phi) is 6.26. The second-order valence-corrected chi connectivity index (χ2v) is 4.36. The summed E-state index contributed by atoms with van der Waals surface area (Å²) in [5.74, 6) is -0.496. The van der Waals surface area contributed by atoms with E-state index in [4.69, 9.17) is 17.3 Å². The Morgan fingerprint density at radius 2 is 1.94 bits per heavy atom. The van der Waals surface area contributed by atoms with E-state index in [1.807, 2.05) is 13.8 Å². The van der Waals surface area contributed by atoms with Gasteiger partial charge in [-0.2, -0.15) is 0 Å². The molecule has 0 spiro atoms. The fourth-order valence-corrected chi connectivity index (χ4v) is 1.53. The van der Waals surface area contributed by atoms with E-state index in [1.165, 1.54) is 12.1 Å². The van der Waals surface area contributed by atoms with Gasteiger partial charge in [-0.25, -0.2) is 4.39 Å². The van der Waals surface area contributed by atoms with Crippen LogP contribution in [-0.2, 0) is 0 Å². The van der Waals surface area contributed by atoms with Crippen molar-refractivity contribution in [3.05, 3.63) is 34.6 Å². The van der Waals surface area contributed by atoms with Gasteiger partial charge in [-0.05, 0) is 18.1 Å². The minimum Gasteiger partial charge on any atom is -0.391 e. The van der Waals surface area contributed by atoms with Crippen LogP contribution in [-0.4, -0.2) is 11.2 Å². The van der Waals surface area contributed by atoms with Crippen molar-refractivity contribution in [3.8, 4) is 0 Å². The molecule has 92 valence electrons. The Hall–Kier alpha value is -0.350. The zero-order valence-corrected chi connectivity index (χ0v) is 10.7. The molecule has 0 saturated carbocycles. The molecule has 0 aliphatic rings. The molecule has 0 radical (unpaired) electrons. The molecule has 2 atom stereocenters. The molecule has 0 fully saturated rings. The van der Waals surface area contributed by atoms with E-state index < -0.39 is 18.0 Å². The molecule has 2 nitrogen and oxygen atoms in total. The second-order valence-electron chi connectivity index (χ2n) is 3.93. The topological polar surface area (TPSA) is 46.2 Å². The quantitative estimate of drug-likeness (QED) is 0.885. The number of hydrogen-bond donors (Lipinski definition) is 2. The summed E-state index contributed by atoms with van der Waals surface area (Å²) in [7, 11) is 0. The summed E-state index contributed by atoms with van der Waals surface area (Å²) < 4.78 is 13.4. The van der Waals surface area contributed by atoms with Crippen LogP contribution in [0.15, 0.2) is 18.2 Å². The molecule has 0 amide bonds. The molecular formula is C11H16Cl2FNO. The Balaban J connectivity index is 0.00000225. The van der Waals surface area contributed by atoms with Gasteiger partial charge >= 0.3 is 0 Å². The molecule has 0 aliphatic heterocycles. The standard InChI is InChI=1S/C11H15ClFNO.ClH/c1-6(2)11(15)10(14)8-4-3-7(12)5-9(8)13;/h3-6,10-11,15H,14H2,1-2H3;1H/t10-,11+;/m0./s1. The van der Waals surface area contributed by atoms with E-state index in [1.54, 1.807) is 6.07 Å². The van der Waals surface area contributed by atoms with E-state index in [2.05, 4.69) is 0 Å². The second kappa shape index (κ2) is 6.40. The lowest BCUT2D eigenvalue weighted by Gasteiger charge is -2.22. The summed E-state index contributed by atoms with van der Waals surface area (Å²) in [5, 5.41) is 10.0. The minimum absolute atomic E-state index is 0. The number of aliphatic hydroxyl groups excluding tert-OH is 1. The molecule has 0 heterocycles. The fraction of sp³-hybridized carbons (Fsp3) is 0.455. The van der Waals surface area contributed by atoms with Gasteiger partial charge in [0.1, 0.15) is 5.82 Å². The van der Waals surface area contributed by atoms with Crippen molar-refractivity contribution in [2.24, 2.45) is 11.7 Å². The molecule has 1 rings (SSSR count). The molecule has 16 heavy (non-hydrogen) atoms. The summed E-state index contributed by atoms with van der Waals surface area (Å²) in [6, 6.07) is 3.55. The lowest BCUT2D eigenvalue weighted by molar-refractivity contribution is 0.0966. The van der Waals surface area contributed by atoms with Crippen LogP contribution in [0.1, 0.15) is 25.5 Å².